The van der Waals surface area contributed by atoms with Gasteiger partial charge in [0.25, 0.3) is 0 Å². The first-order chi connectivity index (χ1) is 11.7. The first-order valence-electron chi connectivity index (χ1n) is 8.78. The van der Waals surface area contributed by atoms with Crippen molar-refractivity contribution in [2.24, 2.45) is 5.92 Å². The molecule has 0 radical (unpaired) electrons. The molecule has 2 aliphatic heterocycles. The number of likely N-dealkylation sites (tertiary alicyclic amines) is 1. The second kappa shape index (κ2) is 8.44. The normalized spacial score (nSPS) is 22.5. The maximum atomic E-state index is 12.8. The summed E-state index contributed by atoms with van der Waals surface area (Å²) in [5.74, 6) is 0.277. The average molecular weight is 335 g/mol. The van der Waals surface area contributed by atoms with Crippen molar-refractivity contribution in [3.8, 4) is 0 Å². The number of halogens is 1. The van der Waals surface area contributed by atoms with Crippen molar-refractivity contribution in [2.75, 3.05) is 32.8 Å². The molecule has 0 saturated carbocycles. The number of amides is 2. The quantitative estimate of drug-likeness (QED) is 0.867. The maximum Gasteiger partial charge on any atom is 0.315 e. The summed E-state index contributed by atoms with van der Waals surface area (Å²) in [7, 11) is 0. The predicted molar refractivity (Wildman–Crippen MR) is 90.2 cm³/mol. The van der Waals surface area contributed by atoms with Gasteiger partial charge >= 0.3 is 6.03 Å². The Labute approximate surface area is 142 Å². The monoisotopic (exact) mass is 335 g/mol. The van der Waals surface area contributed by atoms with Crippen LogP contribution in [0, 0.1) is 11.7 Å². The number of hydrogen-bond acceptors (Lipinski definition) is 3. The number of piperidine rings is 1. The first kappa shape index (κ1) is 17.2. The Morgan fingerprint density at radius 3 is 2.58 bits per heavy atom. The van der Waals surface area contributed by atoms with Crippen molar-refractivity contribution in [3.63, 3.8) is 0 Å². The SMILES string of the molecule is O=C(NCc1ccc(F)cc1)NCC1CCN([C@H]2CCOC2)CC1. The van der Waals surface area contributed by atoms with Crippen LogP contribution in [0.2, 0.25) is 0 Å². The Morgan fingerprint density at radius 1 is 1.17 bits per heavy atom. The standard InChI is InChI=1S/C18H26FN3O2/c19-16-3-1-14(2-4-16)11-20-18(23)21-12-15-5-8-22(9-6-15)17-7-10-24-13-17/h1-4,15,17H,5-13H2,(H2,20,21,23)/t17-/m0/s1. The van der Waals surface area contributed by atoms with Crippen LogP contribution >= 0.6 is 0 Å². The molecule has 2 aliphatic rings. The van der Waals surface area contributed by atoms with Gasteiger partial charge in [-0.15, -0.1) is 0 Å². The highest BCUT2D eigenvalue weighted by molar-refractivity contribution is 5.73. The highest BCUT2D eigenvalue weighted by Crippen LogP contribution is 2.21. The summed E-state index contributed by atoms with van der Waals surface area (Å²) in [6.07, 6.45) is 3.39. The second-order valence-electron chi connectivity index (χ2n) is 6.69. The third-order valence-electron chi connectivity index (χ3n) is 4.99. The summed E-state index contributed by atoms with van der Waals surface area (Å²) in [5.41, 5.74) is 0.888. The molecule has 1 aromatic carbocycles. The molecule has 0 spiro atoms. The molecule has 132 valence electrons. The summed E-state index contributed by atoms with van der Waals surface area (Å²) in [6, 6.07) is 6.59. The lowest BCUT2D eigenvalue weighted by molar-refractivity contribution is 0.110. The molecule has 5 nitrogen and oxygen atoms in total. The van der Waals surface area contributed by atoms with E-state index in [1.54, 1.807) is 12.1 Å². The van der Waals surface area contributed by atoms with Crippen LogP contribution < -0.4 is 10.6 Å². The number of nitrogens with one attached hydrogen (secondary N) is 2. The summed E-state index contributed by atoms with van der Waals surface area (Å²) in [4.78, 5) is 14.4. The lowest BCUT2D eigenvalue weighted by Gasteiger charge is -2.35. The molecule has 2 saturated heterocycles. The molecule has 3 rings (SSSR count). The van der Waals surface area contributed by atoms with Crippen LogP contribution in [0.25, 0.3) is 0 Å². The highest BCUT2D eigenvalue weighted by Gasteiger charge is 2.27. The third-order valence-corrected chi connectivity index (χ3v) is 4.99. The van der Waals surface area contributed by atoms with E-state index in [9.17, 15) is 9.18 Å². The van der Waals surface area contributed by atoms with Crippen molar-refractivity contribution in [1.82, 2.24) is 15.5 Å². The molecule has 2 amide bonds. The minimum Gasteiger partial charge on any atom is -0.380 e. The zero-order chi connectivity index (χ0) is 16.8. The third kappa shape index (κ3) is 4.92. The Bertz CT molecular complexity index is 524. The van der Waals surface area contributed by atoms with Crippen molar-refractivity contribution < 1.29 is 13.9 Å². The van der Waals surface area contributed by atoms with Gasteiger partial charge in [0.1, 0.15) is 5.82 Å². The zero-order valence-electron chi connectivity index (χ0n) is 14.0. The number of hydrogen-bond donors (Lipinski definition) is 2. The number of benzene rings is 1. The lowest BCUT2D eigenvalue weighted by Crippen LogP contribution is -2.45. The molecule has 24 heavy (non-hydrogen) atoms. The number of ether oxygens (including phenoxy) is 1. The smallest absolute Gasteiger partial charge is 0.315 e. The van der Waals surface area contributed by atoms with Crippen molar-refractivity contribution in [3.05, 3.63) is 35.6 Å². The number of rotatable bonds is 5. The van der Waals surface area contributed by atoms with E-state index in [-0.39, 0.29) is 11.8 Å². The van der Waals surface area contributed by atoms with Crippen LogP contribution in [0.4, 0.5) is 9.18 Å². The fourth-order valence-electron chi connectivity index (χ4n) is 3.42. The highest BCUT2D eigenvalue weighted by atomic mass is 19.1. The van der Waals surface area contributed by atoms with Crippen LogP contribution in [0.15, 0.2) is 24.3 Å². The lowest BCUT2D eigenvalue weighted by atomic mass is 9.95. The fraction of sp³-hybridized carbons (Fsp3) is 0.611. The van der Waals surface area contributed by atoms with E-state index in [0.717, 1.165) is 51.1 Å². The minimum atomic E-state index is -0.265. The van der Waals surface area contributed by atoms with Gasteiger partial charge < -0.3 is 15.4 Å². The molecule has 0 unspecified atom stereocenters. The summed E-state index contributed by atoms with van der Waals surface area (Å²) in [5, 5.41) is 5.76. The fourth-order valence-corrected chi connectivity index (χ4v) is 3.42. The van der Waals surface area contributed by atoms with Crippen molar-refractivity contribution >= 4 is 6.03 Å². The molecule has 0 bridgehead atoms. The van der Waals surface area contributed by atoms with Gasteiger partial charge in [-0.25, -0.2) is 9.18 Å². The Kier molecular flexibility index (Phi) is 6.04. The summed E-state index contributed by atoms with van der Waals surface area (Å²) < 4.78 is 18.3. The second-order valence-corrected chi connectivity index (χ2v) is 6.69. The topological polar surface area (TPSA) is 53.6 Å². The molecular weight excluding hydrogens is 309 g/mol. The molecule has 1 atom stereocenters. The van der Waals surface area contributed by atoms with E-state index >= 15 is 0 Å². The van der Waals surface area contributed by atoms with E-state index in [0.29, 0.717) is 25.0 Å². The molecule has 2 N–H and O–H groups in total. The van der Waals surface area contributed by atoms with E-state index in [1.807, 2.05) is 0 Å². The average Bonchev–Trinajstić information content (AvgIpc) is 3.14. The van der Waals surface area contributed by atoms with Crippen LogP contribution in [0.5, 0.6) is 0 Å². The van der Waals surface area contributed by atoms with Crippen molar-refractivity contribution in [1.29, 1.82) is 0 Å². The molecule has 2 heterocycles. The van der Waals surface area contributed by atoms with E-state index in [1.165, 1.54) is 12.1 Å². The van der Waals surface area contributed by atoms with Crippen LogP contribution in [0.3, 0.4) is 0 Å². The van der Waals surface area contributed by atoms with Gasteiger partial charge in [-0.3, -0.25) is 4.90 Å². The van der Waals surface area contributed by atoms with E-state index < -0.39 is 0 Å². The number of urea groups is 1. The molecular formula is C18H26FN3O2. The summed E-state index contributed by atoms with van der Waals surface area (Å²) in [6.45, 7) is 5.07. The molecule has 2 fully saturated rings. The molecule has 1 aromatic rings. The van der Waals surface area contributed by atoms with Crippen LogP contribution in [-0.2, 0) is 11.3 Å². The molecule has 6 heteroatoms. The Morgan fingerprint density at radius 2 is 1.92 bits per heavy atom. The molecule has 0 aromatic heterocycles. The number of carbonyl (C=O) groups is 1. The van der Waals surface area contributed by atoms with Crippen LogP contribution in [-0.4, -0.2) is 49.8 Å². The number of carbonyl (C=O) groups excluding carboxylic acids is 1. The Balaban J connectivity index is 1.31. The van der Waals surface area contributed by atoms with Gasteiger partial charge in [-0.1, -0.05) is 12.1 Å². The van der Waals surface area contributed by atoms with E-state index in [4.69, 9.17) is 4.74 Å². The number of nitrogens with zero attached hydrogens (tertiary/aromatic N) is 1. The maximum absolute atomic E-state index is 12.8. The predicted octanol–water partition coefficient (Wildman–Crippen LogP) is 2.13. The minimum absolute atomic E-state index is 0.161. The van der Waals surface area contributed by atoms with Gasteiger partial charge in [-0.2, -0.15) is 0 Å². The van der Waals surface area contributed by atoms with Gasteiger partial charge in [0.2, 0.25) is 0 Å². The van der Waals surface area contributed by atoms with E-state index in [2.05, 4.69) is 15.5 Å². The van der Waals surface area contributed by atoms with Gasteiger partial charge in [0, 0.05) is 25.7 Å². The summed E-state index contributed by atoms with van der Waals surface area (Å²) >= 11 is 0. The Hall–Kier alpha value is -1.66. The van der Waals surface area contributed by atoms with Crippen LogP contribution in [0.1, 0.15) is 24.8 Å². The zero-order valence-corrected chi connectivity index (χ0v) is 14.0. The van der Waals surface area contributed by atoms with Gasteiger partial charge in [-0.05, 0) is 56.0 Å². The van der Waals surface area contributed by atoms with Gasteiger partial charge in [0.05, 0.1) is 6.61 Å². The van der Waals surface area contributed by atoms with Gasteiger partial charge in [0.15, 0.2) is 0 Å². The largest absolute Gasteiger partial charge is 0.380 e. The van der Waals surface area contributed by atoms with Crippen molar-refractivity contribution in [2.45, 2.75) is 31.8 Å². The molecule has 0 aliphatic carbocycles. The first-order valence-corrected chi connectivity index (χ1v) is 8.78.